The number of carbonyl (C=O) groups excluding carboxylic acids is 2. The number of nitrogens with one attached hydrogen (secondary N) is 3. The third-order valence-electron chi connectivity index (χ3n) is 3.69. The van der Waals surface area contributed by atoms with E-state index in [1.807, 2.05) is 0 Å². The van der Waals surface area contributed by atoms with Crippen LogP contribution < -0.4 is 20.7 Å². The van der Waals surface area contributed by atoms with Crippen LogP contribution in [0.4, 0.5) is 15.8 Å². The van der Waals surface area contributed by atoms with Gasteiger partial charge in [0.05, 0.1) is 13.5 Å². The lowest BCUT2D eigenvalue weighted by molar-refractivity contribution is -0.124. The smallest absolute Gasteiger partial charge is 0.249 e. The van der Waals surface area contributed by atoms with E-state index in [2.05, 4.69) is 20.9 Å². The van der Waals surface area contributed by atoms with Crippen LogP contribution in [-0.4, -0.2) is 30.9 Å². The molecule has 1 heterocycles. The highest BCUT2D eigenvalue weighted by atomic mass is 19.1. The predicted octanol–water partition coefficient (Wildman–Crippen LogP) is 2.13. The molecule has 3 rings (SSSR count). The van der Waals surface area contributed by atoms with E-state index in [1.165, 1.54) is 24.3 Å². The Hall–Kier alpha value is -3.42. The van der Waals surface area contributed by atoms with Crippen LogP contribution in [0.25, 0.3) is 0 Å². The fraction of sp³-hybridized carbons (Fsp3) is 0.167. The number of anilines is 2. The van der Waals surface area contributed by atoms with Gasteiger partial charge in [0.1, 0.15) is 17.6 Å². The molecule has 2 aromatic carbocycles. The molecule has 1 atom stereocenters. The molecule has 0 spiro atoms. The van der Waals surface area contributed by atoms with Gasteiger partial charge >= 0.3 is 0 Å². The molecule has 0 aromatic heterocycles. The van der Waals surface area contributed by atoms with E-state index < -0.39 is 17.8 Å². The minimum atomic E-state index is -0.880. The number of nitrogens with zero attached hydrogens (tertiary/aromatic N) is 1. The normalized spacial score (nSPS) is 16.3. The van der Waals surface area contributed by atoms with Gasteiger partial charge < -0.3 is 15.4 Å². The quantitative estimate of drug-likeness (QED) is 0.783. The zero-order valence-electron chi connectivity index (χ0n) is 14.0. The topological polar surface area (TPSA) is 91.8 Å². The highest BCUT2D eigenvalue weighted by Crippen LogP contribution is 2.16. The van der Waals surface area contributed by atoms with Crippen LogP contribution in [-0.2, 0) is 9.59 Å². The van der Waals surface area contributed by atoms with E-state index in [0.717, 1.165) is 0 Å². The van der Waals surface area contributed by atoms with Crippen molar-refractivity contribution in [1.82, 2.24) is 5.32 Å². The number of methoxy groups -OCH3 is 1. The minimum Gasteiger partial charge on any atom is -0.497 e. The second kappa shape index (κ2) is 7.64. The Kier molecular flexibility index (Phi) is 5.12. The van der Waals surface area contributed by atoms with Gasteiger partial charge in [0.25, 0.3) is 0 Å². The van der Waals surface area contributed by atoms with Gasteiger partial charge in [-0.2, -0.15) is 0 Å². The fourth-order valence-corrected chi connectivity index (χ4v) is 2.38. The summed E-state index contributed by atoms with van der Waals surface area (Å²) in [6.07, 6.45) is -0.0686. The number of rotatable bonds is 4. The SMILES string of the molecule is COc1ccc(NC2=N[C@@H](C(=O)Nc3ccc(F)cc3)CC(=O)N2)cc1. The van der Waals surface area contributed by atoms with Gasteiger partial charge in [-0.05, 0) is 48.5 Å². The van der Waals surface area contributed by atoms with E-state index >= 15 is 0 Å². The summed E-state index contributed by atoms with van der Waals surface area (Å²) >= 11 is 0. The molecule has 0 aliphatic carbocycles. The van der Waals surface area contributed by atoms with Crippen molar-refractivity contribution in [2.75, 3.05) is 17.7 Å². The highest BCUT2D eigenvalue weighted by Gasteiger charge is 2.27. The molecule has 0 bridgehead atoms. The van der Waals surface area contributed by atoms with E-state index in [0.29, 0.717) is 17.1 Å². The van der Waals surface area contributed by atoms with Crippen LogP contribution >= 0.6 is 0 Å². The van der Waals surface area contributed by atoms with E-state index in [4.69, 9.17) is 4.74 Å². The van der Waals surface area contributed by atoms with Gasteiger partial charge in [-0.15, -0.1) is 0 Å². The number of amides is 2. The maximum Gasteiger partial charge on any atom is 0.249 e. The van der Waals surface area contributed by atoms with Gasteiger partial charge in [-0.25, -0.2) is 9.38 Å². The number of benzene rings is 2. The van der Waals surface area contributed by atoms with E-state index in [1.54, 1.807) is 31.4 Å². The largest absolute Gasteiger partial charge is 0.497 e. The lowest BCUT2D eigenvalue weighted by atomic mass is 10.1. The molecule has 0 unspecified atom stereocenters. The summed E-state index contributed by atoms with van der Waals surface area (Å²) < 4.78 is 18.0. The molecule has 0 saturated heterocycles. The lowest BCUT2D eigenvalue weighted by Gasteiger charge is -2.21. The van der Waals surface area contributed by atoms with Crippen LogP contribution in [0.5, 0.6) is 5.75 Å². The number of hydrogen-bond acceptors (Lipinski definition) is 5. The second-order valence-corrected chi connectivity index (χ2v) is 5.60. The van der Waals surface area contributed by atoms with Gasteiger partial charge in [0.15, 0.2) is 0 Å². The van der Waals surface area contributed by atoms with Crippen molar-refractivity contribution in [3.8, 4) is 5.75 Å². The summed E-state index contributed by atoms with van der Waals surface area (Å²) in [7, 11) is 1.57. The second-order valence-electron chi connectivity index (χ2n) is 5.60. The summed E-state index contributed by atoms with van der Waals surface area (Å²) in [5.74, 6) is -0.285. The van der Waals surface area contributed by atoms with Gasteiger partial charge in [-0.3, -0.25) is 14.9 Å². The van der Waals surface area contributed by atoms with E-state index in [-0.39, 0.29) is 18.3 Å². The number of carbonyl (C=O) groups is 2. The third kappa shape index (κ3) is 4.35. The Morgan fingerprint density at radius 3 is 2.46 bits per heavy atom. The Labute approximate surface area is 149 Å². The number of aliphatic imine (C=N–C) groups is 1. The third-order valence-corrected chi connectivity index (χ3v) is 3.69. The first kappa shape index (κ1) is 17.4. The molecule has 3 N–H and O–H groups in total. The van der Waals surface area contributed by atoms with Crippen LogP contribution in [0.3, 0.4) is 0 Å². The molecule has 1 aliphatic rings. The maximum atomic E-state index is 12.9. The molecular weight excluding hydrogens is 339 g/mol. The first-order chi connectivity index (χ1) is 12.5. The van der Waals surface area contributed by atoms with Crippen molar-refractivity contribution in [2.24, 2.45) is 4.99 Å². The fourth-order valence-electron chi connectivity index (χ4n) is 2.38. The number of hydrogen-bond donors (Lipinski definition) is 3. The van der Waals surface area contributed by atoms with Crippen molar-refractivity contribution < 1.29 is 18.7 Å². The van der Waals surface area contributed by atoms with Gasteiger partial charge in [-0.1, -0.05) is 0 Å². The van der Waals surface area contributed by atoms with Crippen molar-refractivity contribution in [3.63, 3.8) is 0 Å². The molecule has 2 amide bonds. The molecule has 2 aromatic rings. The van der Waals surface area contributed by atoms with Crippen LogP contribution in [0.2, 0.25) is 0 Å². The minimum absolute atomic E-state index is 0.0686. The molecular formula is C18H17FN4O3. The van der Waals surface area contributed by atoms with Crippen LogP contribution in [0.15, 0.2) is 53.5 Å². The molecule has 0 radical (unpaired) electrons. The Bertz CT molecular complexity index is 835. The Morgan fingerprint density at radius 1 is 1.15 bits per heavy atom. The van der Waals surface area contributed by atoms with Crippen molar-refractivity contribution in [2.45, 2.75) is 12.5 Å². The lowest BCUT2D eigenvalue weighted by Crippen LogP contribution is -2.45. The van der Waals surface area contributed by atoms with Crippen LogP contribution in [0.1, 0.15) is 6.42 Å². The summed E-state index contributed by atoms with van der Waals surface area (Å²) in [5.41, 5.74) is 1.12. The van der Waals surface area contributed by atoms with Crippen LogP contribution in [0, 0.1) is 5.82 Å². The average Bonchev–Trinajstić information content (AvgIpc) is 2.64. The summed E-state index contributed by atoms with van der Waals surface area (Å²) in [5, 5.41) is 8.16. The summed E-state index contributed by atoms with van der Waals surface area (Å²) in [4.78, 5) is 28.5. The zero-order valence-corrected chi connectivity index (χ0v) is 14.0. The monoisotopic (exact) mass is 356 g/mol. The summed E-state index contributed by atoms with van der Waals surface area (Å²) in [6, 6.07) is 11.5. The summed E-state index contributed by atoms with van der Waals surface area (Å²) in [6.45, 7) is 0. The highest BCUT2D eigenvalue weighted by molar-refractivity contribution is 6.10. The number of halogens is 1. The first-order valence-corrected chi connectivity index (χ1v) is 7.88. The molecule has 8 heteroatoms. The number of guanidine groups is 1. The number of ether oxygens (including phenoxy) is 1. The average molecular weight is 356 g/mol. The van der Waals surface area contributed by atoms with Crippen molar-refractivity contribution in [1.29, 1.82) is 0 Å². The molecule has 26 heavy (non-hydrogen) atoms. The molecule has 0 fully saturated rings. The predicted molar refractivity (Wildman–Crippen MR) is 95.6 cm³/mol. The molecule has 1 aliphatic heterocycles. The van der Waals surface area contributed by atoms with Crippen molar-refractivity contribution >= 4 is 29.1 Å². The van der Waals surface area contributed by atoms with E-state index in [9.17, 15) is 14.0 Å². The zero-order chi connectivity index (χ0) is 18.5. The molecule has 0 saturated carbocycles. The molecule has 7 nitrogen and oxygen atoms in total. The Balaban J connectivity index is 1.70. The standard InChI is InChI=1S/C18H17FN4O3/c1-26-14-8-6-13(7-9-14)21-18-22-15(10-16(24)23-18)17(25)20-12-4-2-11(19)3-5-12/h2-9,15H,10H2,1H3,(H,20,25)(H2,21,22,23,24)/t15-/m1/s1. The molecule has 134 valence electrons. The van der Waals surface area contributed by atoms with Gasteiger partial charge in [0.2, 0.25) is 17.8 Å². The van der Waals surface area contributed by atoms with Crippen molar-refractivity contribution in [3.05, 3.63) is 54.3 Å². The van der Waals surface area contributed by atoms with Gasteiger partial charge in [0, 0.05) is 11.4 Å². The Morgan fingerprint density at radius 2 is 1.81 bits per heavy atom. The first-order valence-electron chi connectivity index (χ1n) is 7.88. The maximum absolute atomic E-state index is 12.9.